The fourth-order valence-corrected chi connectivity index (χ4v) is 3.62. The Labute approximate surface area is 133 Å². The third-order valence-electron chi connectivity index (χ3n) is 3.75. The van der Waals surface area contributed by atoms with Crippen LogP contribution in [-0.4, -0.2) is 54.4 Å². The molecule has 10 heteroatoms. The number of aromatic nitrogens is 2. The van der Waals surface area contributed by atoms with Crippen molar-refractivity contribution in [3.05, 3.63) is 22.1 Å². The fraction of sp³-hybridized carbons (Fsp3) is 0.692. The maximum Gasteiger partial charge on any atom is 0.332 e. The SMILES string of the molecule is COc1nc(=O)c(C)cn1[C@H]1C[C@@H](O)[C@@H](CP(=O)(OC)OC)O1. The van der Waals surface area contributed by atoms with Gasteiger partial charge in [0.2, 0.25) is 0 Å². The van der Waals surface area contributed by atoms with Crippen molar-refractivity contribution in [1.29, 1.82) is 0 Å². The Morgan fingerprint density at radius 2 is 2.09 bits per heavy atom. The van der Waals surface area contributed by atoms with Crippen molar-refractivity contribution in [3.8, 4) is 6.01 Å². The first-order valence-corrected chi connectivity index (χ1v) is 8.74. The summed E-state index contributed by atoms with van der Waals surface area (Å²) >= 11 is 0. The van der Waals surface area contributed by atoms with Gasteiger partial charge in [0.25, 0.3) is 5.56 Å². The van der Waals surface area contributed by atoms with E-state index < -0.39 is 31.6 Å². The minimum absolute atomic E-state index is 0.0768. The van der Waals surface area contributed by atoms with Crippen LogP contribution in [0.15, 0.2) is 11.0 Å². The summed E-state index contributed by atoms with van der Waals surface area (Å²) in [4.78, 5) is 15.4. The summed E-state index contributed by atoms with van der Waals surface area (Å²) < 4.78 is 34.3. The Kier molecular flexibility index (Phi) is 5.59. The number of methoxy groups -OCH3 is 1. The summed E-state index contributed by atoms with van der Waals surface area (Å²) in [5.41, 5.74) is 0.0308. The average molecular weight is 348 g/mol. The minimum atomic E-state index is -3.31. The van der Waals surface area contributed by atoms with Crippen molar-refractivity contribution in [2.24, 2.45) is 0 Å². The average Bonchev–Trinajstić information content (AvgIpc) is 2.89. The van der Waals surface area contributed by atoms with Gasteiger partial charge in [0, 0.05) is 32.4 Å². The molecular formula is C13H21N2O7P. The number of ether oxygens (including phenoxy) is 2. The molecule has 1 saturated heterocycles. The molecule has 1 aromatic heterocycles. The van der Waals surface area contributed by atoms with Gasteiger partial charge < -0.3 is 23.6 Å². The van der Waals surface area contributed by atoms with E-state index in [-0.39, 0.29) is 18.6 Å². The van der Waals surface area contributed by atoms with Crippen molar-refractivity contribution in [2.45, 2.75) is 31.8 Å². The summed E-state index contributed by atoms with van der Waals surface area (Å²) in [6.45, 7) is 1.62. The van der Waals surface area contributed by atoms with Gasteiger partial charge in [0.1, 0.15) is 6.23 Å². The molecule has 0 aromatic carbocycles. The van der Waals surface area contributed by atoms with Crippen LogP contribution in [0.2, 0.25) is 0 Å². The molecule has 2 rings (SSSR count). The molecule has 0 unspecified atom stereocenters. The third kappa shape index (κ3) is 3.81. The molecule has 130 valence electrons. The second-order valence-corrected chi connectivity index (χ2v) is 7.53. The van der Waals surface area contributed by atoms with E-state index in [1.807, 2.05) is 0 Å². The number of rotatable bonds is 6. The lowest BCUT2D eigenvalue weighted by Crippen LogP contribution is -2.25. The van der Waals surface area contributed by atoms with Gasteiger partial charge in [-0.05, 0) is 6.92 Å². The lowest BCUT2D eigenvalue weighted by Gasteiger charge is -2.21. The smallest absolute Gasteiger partial charge is 0.332 e. The van der Waals surface area contributed by atoms with E-state index in [0.717, 1.165) is 0 Å². The normalized spacial score (nSPS) is 24.8. The van der Waals surface area contributed by atoms with Gasteiger partial charge in [-0.3, -0.25) is 13.9 Å². The lowest BCUT2D eigenvalue weighted by atomic mass is 10.2. The highest BCUT2D eigenvalue weighted by molar-refractivity contribution is 7.53. The van der Waals surface area contributed by atoms with Crippen LogP contribution in [0.25, 0.3) is 0 Å². The van der Waals surface area contributed by atoms with Crippen LogP contribution in [0.5, 0.6) is 6.01 Å². The predicted octanol–water partition coefficient (Wildman–Crippen LogP) is 0.695. The van der Waals surface area contributed by atoms with Gasteiger partial charge in [-0.15, -0.1) is 0 Å². The van der Waals surface area contributed by atoms with Gasteiger partial charge in [-0.1, -0.05) is 0 Å². The van der Waals surface area contributed by atoms with Crippen LogP contribution < -0.4 is 10.3 Å². The monoisotopic (exact) mass is 348 g/mol. The van der Waals surface area contributed by atoms with Gasteiger partial charge in [0.05, 0.1) is 25.5 Å². The van der Waals surface area contributed by atoms with Crippen molar-refractivity contribution in [3.63, 3.8) is 0 Å². The zero-order valence-electron chi connectivity index (χ0n) is 13.5. The minimum Gasteiger partial charge on any atom is -0.468 e. The van der Waals surface area contributed by atoms with Crippen LogP contribution in [0.4, 0.5) is 0 Å². The molecule has 1 N–H and O–H groups in total. The maximum absolute atomic E-state index is 12.2. The summed E-state index contributed by atoms with van der Waals surface area (Å²) in [5, 5.41) is 10.2. The Hall–Kier alpha value is -1.25. The van der Waals surface area contributed by atoms with E-state index in [0.29, 0.717) is 5.56 Å². The lowest BCUT2D eigenvalue weighted by molar-refractivity contribution is -0.0127. The van der Waals surface area contributed by atoms with Crippen LogP contribution in [0, 0.1) is 6.92 Å². The topological polar surface area (TPSA) is 109 Å². The maximum atomic E-state index is 12.2. The van der Waals surface area contributed by atoms with Crippen LogP contribution >= 0.6 is 7.60 Å². The van der Waals surface area contributed by atoms with Crippen LogP contribution in [0.3, 0.4) is 0 Å². The molecule has 0 amide bonds. The molecular weight excluding hydrogens is 327 g/mol. The molecule has 0 radical (unpaired) electrons. The summed E-state index contributed by atoms with van der Waals surface area (Å²) in [5.74, 6) is 0. The van der Waals surface area contributed by atoms with Crippen molar-refractivity contribution < 1.29 is 28.2 Å². The molecule has 1 fully saturated rings. The number of aliphatic hydroxyl groups is 1. The van der Waals surface area contributed by atoms with Gasteiger partial charge >= 0.3 is 13.6 Å². The van der Waals surface area contributed by atoms with E-state index in [9.17, 15) is 14.5 Å². The second-order valence-electron chi connectivity index (χ2n) is 5.21. The molecule has 9 nitrogen and oxygen atoms in total. The zero-order valence-corrected chi connectivity index (χ0v) is 14.4. The Bertz CT molecular complexity index is 654. The fourth-order valence-electron chi connectivity index (χ4n) is 2.40. The van der Waals surface area contributed by atoms with Crippen molar-refractivity contribution in [1.82, 2.24) is 9.55 Å². The molecule has 1 aliphatic rings. The summed E-state index contributed by atoms with van der Waals surface area (Å²) in [6, 6.07) is 0.0834. The Morgan fingerprint density at radius 3 is 2.65 bits per heavy atom. The molecule has 0 bridgehead atoms. The summed E-state index contributed by atoms with van der Waals surface area (Å²) in [6.07, 6.45) is -0.470. The molecule has 3 atom stereocenters. The number of aryl methyl sites for hydroxylation is 1. The number of hydrogen-bond acceptors (Lipinski definition) is 8. The molecule has 1 aromatic rings. The van der Waals surface area contributed by atoms with Crippen molar-refractivity contribution in [2.75, 3.05) is 27.5 Å². The molecule has 1 aliphatic heterocycles. The first-order valence-electron chi connectivity index (χ1n) is 7.01. The van der Waals surface area contributed by atoms with E-state index in [2.05, 4.69) is 4.98 Å². The molecule has 0 saturated carbocycles. The molecule has 0 aliphatic carbocycles. The molecule has 2 heterocycles. The zero-order chi connectivity index (χ0) is 17.2. The van der Waals surface area contributed by atoms with Gasteiger partial charge in [-0.25, -0.2) is 0 Å². The standard InChI is InChI=1S/C13H21N2O7P/c1-8-6-15(13(19-2)14-12(8)17)11-5-9(16)10(22-11)7-23(18,20-3)21-4/h6,9-11,16H,5,7H2,1-4H3/t9-,10-,11-/m1/s1. The second kappa shape index (κ2) is 7.11. The quantitative estimate of drug-likeness (QED) is 0.748. The van der Waals surface area contributed by atoms with Gasteiger partial charge in [-0.2, -0.15) is 4.98 Å². The number of hydrogen-bond donors (Lipinski definition) is 1. The first-order chi connectivity index (χ1) is 10.8. The summed E-state index contributed by atoms with van der Waals surface area (Å²) in [7, 11) is 0.634. The number of aliphatic hydroxyl groups excluding tert-OH is 1. The first kappa shape index (κ1) is 18.1. The Morgan fingerprint density at radius 1 is 1.43 bits per heavy atom. The van der Waals surface area contributed by atoms with Crippen LogP contribution in [0.1, 0.15) is 18.2 Å². The predicted molar refractivity (Wildman–Crippen MR) is 80.8 cm³/mol. The highest BCUT2D eigenvalue weighted by Gasteiger charge is 2.40. The van der Waals surface area contributed by atoms with E-state index in [1.54, 1.807) is 13.1 Å². The van der Waals surface area contributed by atoms with E-state index >= 15 is 0 Å². The van der Waals surface area contributed by atoms with E-state index in [1.165, 1.54) is 25.9 Å². The largest absolute Gasteiger partial charge is 0.468 e. The van der Waals surface area contributed by atoms with E-state index in [4.69, 9.17) is 18.5 Å². The molecule has 23 heavy (non-hydrogen) atoms. The number of nitrogens with zero attached hydrogens (tertiary/aromatic N) is 2. The third-order valence-corrected chi connectivity index (χ3v) is 5.66. The van der Waals surface area contributed by atoms with Crippen molar-refractivity contribution >= 4 is 7.60 Å². The van der Waals surface area contributed by atoms with Crippen LogP contribution in [-0.2, 0) is 18.3 Å². The molecule has 0 spiro atoms. The highest BCUT2D eigenvalue weighted by Crippen LogP contribution is 2.49. The van der Waals surface area contributed by atoms with Gasteiger partial charge in [0.15, 0.2) is 0 Å². The highest BCUT2D eigenvalue weighted by atomic mass is 31.2. The Balaban J connectivity index is 2.23.